The molecule has 4 heterocycles. The average Bonchev–Trinajstić information content (AvgIpc) is 3.47. The molecule has 9 heteroatoms. The minimum atomic E-state index is -0.644. The summed E-state index contributed by atoms with van der Waals surface area (Å²) in [5.41, 5.74) is 3.28. The minimum absolute atomic E-state index is 0.230. The molecule has 0 spiro atoms. The lowest BCUT2D eigenvalue weighted by molar-refractivity contribution is -0.110. The number of carbonyl (C=O) groups is 1. The van der Waals surface area contributed by atoms with E-state index in [9.17, 15) is 14.3 Å². The first-order chi connectivity index (χ1) is 16.1. The van der Waals surface area contributed by atoms with Gasteiger partial charge in [0.25, 0.3) is 0 Å². The Balaban J connectivity index is 1.19. The van der Waals surface area contributed by atoms with Gasteiger partial charge in [0.1, 0.15) is 24.0 Å². The summed E-state index contributed by atoms with van der Waals surface area (Å²) < 4.78 is 32.1. The number of hydrogen-bond acceptors (Lipinski definition) is 6. The number of aliphatic hydroxyl groups excluding tert-OH is 1. The van der Waals surface area contributed by atoms with E-state index < -0.39 is 11.9 Å². The van der Waals surface area contributed by atoms with Gasteiger partial charge in [0, 0.05) is 23.7 Å². The van der Waals surface area contributed by atoms with Crippen molar-refractivity contribution in [2.24, 2.45) is 0 Å². The summed E-state index contributed by atoms with van der Waals surface area (Å²) >= 11 is 0. The predicted octanol–water partition coefficient (Wildman–Crippen LogP) is 2.27. The number of hydrogen-bond donors (Lipinski definition) is 3. The van der Waals surface area contributed by atoms with Gasteiger partial charge >= 0.3 is 0 Å². The number of amides is 1. The summed E-state index contributed by atoms with van der Waals surface area (Å²) in [5, 5.41) is 12.7. The number of aliphatic hydroxyl groups is 1. The largest absolute Gasteiger partial charge is 0.470 e. The Bertz CT molecular complexity index is 1180. The number of nitrogens with zero attached hydrogens (tertiary/aromatic N) is 1. The highest BCUT2D eigenvalue weighted by Gasteiger charge is 2.48. The molecule has 33 heavy (non-hydrogen) atoms. The van der Waals surface area contributed by atoms with E-state index in [0.717, 1.165) is 19.3 Å². The predicted molar refractivity (Wildman–Crippen MR) is 116 cm³/mol. The molecular formula is C24H24FN3O5. The Morgan fingerprint density at radius 1 is 1.15 bits per heavy atom. The van der Waals surface area contributed by atoms with Crippen LogP contribution in [0.15, 0.2) is 36.4 Å². The molecule has 4 atom stereocenters. The second kappa shape index (κ2) is 8.09. The molecule has 2 aromatic heterocycles. The first kappa shape index (κ1) is 20.6. The van der Waals surface area contributed by atoms with E-state index in [0.29, 0.717) is 35.0 Å². The zero-order valence-electron chi connectivity index (χ0n) is 17.7. The standard InChI is InChI=1S/C24H24FN3O5/c25-16-7-17-18(8-21(27-17)33-20-10-32-23-19(30)9-31-24(20)23)28-22(16)13-3-1-12(2-4-13)14-5-15(6-14)26-11-29/h1-4,7-8,11,14-15,19-20,23-24,27,30H,5-6,9-10H2,(H,26,29)/t14?,15?,19-,20-,23?,24-/m1/s1. The fraction of sp³-hybridized carbons (Fsp3) is 0.417. The first-order valence-electron chi connectivity index (χ1n) is 11.2. The van der Waals surface area contributed by atoms with Gasteiger partial charge in [0.05, 0.1) is 24.2 Å². The maximum absolute atomic E-state index is 14.9. The van der Waals surface area contributed by atoms with E-state index in [1.165, 1.54) is 11.6 Å². The average molecular weight is 453 g/mol. The number of pyridine rings is 1. The monoisotopic (exact) mass is 453 g/mol. The Hall–Kier alpha value is -3.01. The summed E-state index contributed by atoms with van der Waals surface area (Å²) in [6.45, 7) is 0.544. The Morgan fingerprint density at radius 3 is 2.73 bits per heavy atom. The van der Waals surface area contributed by atoms with Gasteiger partial charge in [-0.15, -0.1) is 0 Å². The van der Waals surface area contributed by atoms with Crippen LogP contribution in [0.25, 0.3) is 22.3 Å². The third-order valence-electron chi connectivity index (χ3n) is 6.89. The molecule has 3 aliphatic rings. The van der Waals surface area contributed by atoms with Crippen molar-refractivity contribution in [1.82, 2.24) is 15.3 Å². The summed E-state index contributed by atoms with van der Waals surface area (Å²) in [6.07, 6.45) is 0.875. The van der Waals surface area contributed by atoms with Crippen molar-refractivity contribution in [3.63, 3.8) is 0 Å². The van der Waals surface area contributed by atoms with Gasteiger partial charge < -0.3 is 29.6 Å². The van der Waals surface area contributed by atoms with Crippen LogP contribution in [0.5, 0.6) is 5.88 Å². The van der Waals surface area contributed by atoms with Gasteiger partial charge in [-0.3, -0.25) is 4.79 Å². The van der Waals surface area contributed by atoms with E-state index in [4.69, 9.17) is 14.2 Å². The second-order valence-corrected chi connectivity index (χ2v) is 8.98. The maximum atomic E-state index is 14.9. The molecule has 3 fully saturated rings. The zero-order valence-corrected chi connectivity index (χ0v) is 17.7. The highest BCUT2D eigenvalue weighted by molar-refractivity contribution is 5.80. The summed E-state index contributed by atoms with van der Waals surface area (Å²) in [7, 11) is 0. The molecule has 3 aromatic rings. The SMILES string of the molecule is O=CNC1CC(c2ccc(-c3nc4cc(O[C@@H]5COC6[C@H](O)CO[C@@H]65)[nH]c4cc3F)cc2)C1. The van der Waals surface area contributed by atoms with Crippen molar-refractivity contribution in [3.05, 3.63) is 47.8 Å². The number of H-pyrrole nitrogens is 1. The number of carbonyl (C=O) groups excluding carboxylic acids is 1. The smallest absolute Gasteiger partial charge is 0.207 e. The molecule has 3 N–H and O–H groups in total. The number of benzene rings is 1. The van der Waals surface area contributed by atoms with Crippen molar-refractivity contribution in [2.75, 3.05) is 13.2 Å². The number of rotatable bonds is 6. The van der Waals surface area contributed by atoms with E-state index >= 15 is 0 Å². The quantitative estimate of drug-likeness (QED) is 0.495. The molecular weight excluding hydrogens is 429 g/mol. The Labute approximate surface area is 189 Å². The van der Waals surface area contributed by atoms with Crippen LogP contribution < -0.4 is 10.1 Å². The Morgan fingerprint density at radius 2 is 1.94 bits per heavy atom. The van der Waals surface area contributed by atoms with Crippen molar-refractivity contribution in [2.45, 2.75) is 49.2 Å². The lowest BCUT2D eigenvalue weighted by Crippen LogP contribution is -2.39. The molecule has 1 amide bonds. The zero-order chi connectivity index (χ0) is 22.5. The highest BCUT2D eigenvalue weighted by atomic mass is 19.1. The first-order valence-corrected chi connectivity index (χ1v) is 11.2. The molecule has 2 aliphatic heterocycles. The lowest BCUT2D eigenvalue weighted by Gasteiger charge is -2.35. The number of halogens is 1. The molecule has 8 nitrogen and oxygen atoms in total. The summed E-state index contributed by atoms with van der Waals surface area (Å²) in [6, 6.07) is 11.2. The van der Waals surface area contributed by atoms with E-state index in [1.807, 2.05) is 24.3 Å². The molecule has 172 valence electrons. The van der Waals surface area contributed by atoms with Crippen molar-refractivity contribution >= 4 is 17.4 Å². The molecule has 1 aromatic carbocycles. The van der Waals surface area contributed by atoms with E-state index in [1.54, 1.807) is 6.07 Å². The minimum Gasteiger partial charge on any atom is -0.470 e. The van der Waals surface area contributed by atoms with Crippen molar-refractivity contribution in [1.29, 1.82) is 0 Å². The third-order valence-corrected chi connectivity index (χ3v) is 6.89. The number of ether oxygens (including phenoxy) is 3. The van der Waals surface area contributed by atoms with Crippen LogP contribution in [0.2, 0.25) is 0 Å². The van der Waals surface area contributed by atoms with Crippen LogP contribution in [0.3, 0.4) is 0 Å². The van der Waals surface area contributed by atoms with Crippen LogP contribution >= 0.6 is 0 Å². The fourth-order valence-corrected chi connectivity index (χ4v) is 5.02. The number of nitrogens with one attached hydrogen (secondary N) is 2. The Kier molecular flexibility index (Phi) is 5.05. The fourth-order valence-electron chi connectivity index (χ4n) is 5.02. The third kappa shape index (κ3) is 3.66. The molecule has 0 bridgehead atoms. The molecule has 6 rings (SSSR count). The van der Waals surface area contributed by atoms with Gasteiger partial charge in [0.15, 0.2) is 17.8 Å². The van der Waals surface area contributed by atoms with Crippen LogP contribution in [0.1, 0.15) is 24.3 Å². The number of aromatic amines is 1. The number of fused-ring (bicyclic) bond motifs is 2. The topological polar surface area (TPSA) is 106 Å². The van der Waals surface area contributed by atoms with Gasteiger partial charge in [-0.05, 0) is 24.3 Å². The number of aromatic nitrogens is 2. The molecule has 1 unspecified atom stereocenters. The van der Waals surface area contributed by atoms with Crippen molar-refractivity contribution < 1.29 is 28.5 Å². The normalized spacial score (nSPS) is 30.7. The van der Waals surface area contributed by atoms with Crippen LogP contribution in [0.4, 0.5) is 4.39 Å². The van der Waals surface area contributed by atoms with Crippen LogP contribution in [-0.2, 0) is 14.3 Å². The summed E-state index contributed by atoms with van der Waals surface area (Å²) in [4.78, 5) is 18.1. The maximum Gasteiger partial charge on any atom is 0.207 e. The summed E-state index contributed by atoms with van der Waals surface area (Å²) in [5.74, 6) is 0.437. The molecule has 2 saturated heterocycles. The molecule has 0 radical (unpaired) electrons. The van der Waals surface area contributed by atoms with Crippen LogP contribution in [0, 0.1) is 5.82 Å². The van der Waals surface area contributed by atoms with E-state index in [-0.39, 0.29) is 36.7 Å². The van der Waals surface area contributed by atoms with Gasteiger partial charge in [0.2, 0.25) is 6.41 Å². The van der Waals surface area contributed by atoms with Crippen molar-refractivity contribution in [3.8, 4) is 17.1 Å². The molecule has 1 saturated carbocycles. The highest BCUT2D eigenvalue weighted by Crippen LogP contribution is 2.38. The molecule has 1 aliphatic carbocycles. The van der Waals surface area contributed by atoms with Crippen LogP contribution in [-0.4, -0.2) is 65.2 Å². The van der Waals surface area contributed by atoms with E-state index in [2.05, 4.69) is 15.3 Å². The van der Waals surface area contributed by atoms with Gasteiger partial charge in [-0.2, -0.15) is 0 Å². The van der Waals surface area contributed by atoms with Gasteiger partial charge in [-0.25, -0.2) is 9.37 Å². The second-order valence-electron chi connectivity index (χ2n) is 8.98. The lowest BCUT2D eigenvalue weighted by atomic mass is 9.76. The van der Waals surface area contributed by atoms with Gasteiger partial charge in [-0.1, -0.05) is 24.3 Å².